The SMILES string of the molecule is O=C(Cc1ccc(NS(=O)(=O)c2ccc(F)cc2)cc1)Nc1ccn(-c2ccccc2)n1. The molecule has 0 fully saturated rings. The molecule has 7 nitrogen and oxygen atoms in total. The molecule has 0 atom stereocenters. The Balaban J connectivity index is 1.36. The molecule has 0 bridgehead atoms. The van der Waals surface area contributed by atoms with Gasteiger partial charge in [-0.15, -0.1) is 0 Å². The molecule has 4 rings (SSSR count). The highest BCUT2D eigenvalue weighted by molar-refractivity contribution is 7.92. The van der Waals surface area contributed by atoms with Gasteiger partial charge in [0.2, 0.25) is 5.91 Å². The molecule has 0 aliphatic carbocycles. The van der Waals surface area contributed by atoms with Crippen molar-refractivity contribution in [2.45, 2.75) is 11.3 Å². The summed E-state index contributed by atoms with van der Waals surface area (Å²) in [5.41, 5.74) is 1.92. The highest BCUT2D eigenvalue weighted by Gasteiger charge is 2.14. The van der Waals surface area contributed by atoms with Gasteiger partial charge in [-0.25, -0.2) is 17.5 Å². The first-order valence-corrected chi connectivity index (χ1v) is 11.2. The van der Waals surface area contributed by atoms with Crippen molar-refractivity contribution in [1.82, 2.24) is 9.78 Å². The van der Waals surface area contributed by atoms with Crippen LogP contribution in [0, 0.1) is 5.82 Å². The fourth-order valence-electron chi connectivity index (χ4n) is 3.01. The van der Waals surface area contributed by atoms with Crippen molar-refractivity contribution in [1.29, 1.82) is 0 Å². The number of carbonyl (C=O) groups is 1. The second-order valence-electron chi connectivity index (χ2n) is 6.96. The van der Waals surface area contributed by atoms with Gasteiger partial charge in [0.1, 0.15) is 5.82 Å². The van der Waals surface area contributed by atoms with Crippen LogP contribution in [-0.2, 0) is 21.2 Å². The van der Waals surface area contributed by atoms with Crippen LogP contribution in [0.25, 0.3) is 5.69 Å². The first-order valence-electron chi connectivity index (χ1n) is 9.67. The monoisotopic (exact) mass is 450 g/mol. The predicted molar refractivity (Wildman–Crippen MR) is 120 cm³/mol. The number of hydrogen-bond donors (Lipinski definition) is 2. The quantitative estimate of drug-likeness (QED) is 0.445. The van der Waals surface area contributed by atoms with E-state index < -0.39 is 15.8 Å². The molecule has 1 amide bonds. The van der Waals surface area contributed by atoms with Crippen LogP contribution in [0.4, 0.5) is 15.9 Å². The van der Waals surface area contributed by atoms with Gasteiger partial charge >= 0.3 is 0 Å². The zero-order chi connectivity index (χ0) is 22.6. The molecular weight excluding hydrogens is 431 g/mol. The fourth-order valence-corrected chi connectivity index (χ4v) is 4.06. The smallest absolute Gasteiger partial charge is 0.261 e. The largest absolute Gasteiger partial charge is 0.309 e. The standard InChI is InChI=1S/C23H19FN4O3S/c24-18-8-12-21(13-9-18)32(30,31)27-19-10-6-17(7-11-19)16-23(29)25-22-14-15-28(26-22)20-4-2-1-3-5-20/h1-15,27H,16H2,(H,25,26,29). The lowest BCUT2D eigenvalue weighted by Crippen LogP contribution is -2.15. The van der Waals surface area contributed by atoms with E-state index >= 15 is 0 Å². The number of hydrogen-bond acceptors (Lipinski definition) is 4. The van der Waals surface area contributed by atoms with Crippen LogP contribution >= 0.6 is 0 Å². The van der Waals surface area contributed by atoms with Crippen molar-refractivity contribution in [3.63, 3.8) is 0 Å². The van der Waals surface area contributed by atoms with Crippen molar-refractivity contribution < 1.29 is 17.6 Å². The molecule has 0 saturated carbocycles. The maximum absolute atomic E-state index is 13.0. The number of para-hydroxylation sites is 1. The van der Waals surface area contributed by atoms with Gasteiger partial charge in [0.05, 0.1) is 17.0 Å². The molecule has 0 spiro atoms. The minimum atomic E-state index is -3.83. The molecule has 32 heavy (non-hydrogen) atoms. The van der Waals surface area contributed by atoms with Gasteiger partial charge in [0.15, 0.2) is 5.82 Å². The number of carbonyl (C=O) groups excluding carboxylic acids is 1. The Morgan fingerprint density at radius 2 is 1.59 bits per heavy atom. The van der Waals surface area contributed by atoms with Crippen LogP contribution in [0.15, 0.2) is 96.0 Å². The summed E-state index contributed by atoms with van der Waals surface area (Å²) in [5, 5.41) is 7.08. The van der Waals surface area contributed by atoms with Gasteiger partial charge < -0.3 is 5.32 Å². The van der Waals surface area contributed by atoms with E-state index in [-0.39, 0.29) is 17.2 Å². The molecule has 1 aromatic heterocycles. The third-order valence-corrected chi connectivity index (χ3v) is 5.97. The summed E-state index contributed by atoms with van der Waals surface area (Å²) in [4.78, 5) is 12.3. The number of aromatic nitrogens is 2. The average Bonchev–Trinajstić information content (AvgIpc) is 3.24. The van der Waals surface area contributed by atoms with Gasteiger partial charge in [-0.1, -0.05) is 30.3 Å². The van der Waals surface area contributed by atoms with Crippen molar-refractivity contribution in [3.8, 4) is 5.69 Å². The number of nitrogens with zero attached hydrogens (tertiary/aromatic N) is 2. The molecule has 0 aliphatic rings. The van der Waals surface area contributed by atoms with Crippen LogP contribution in [0.5, 0.6) is 0 Å². The third-order valence-electron chi connectivity index (χ3n) is 4.57. The van der Waals surface area contributed by atoms with E-state index in [4.69, 9.17) is 0 Å². The topological polar surface area (TPSA) is 93.1 Å². The van der Waals surface area contributed by atoms with E-state index in [9.17, 15) is 17.6 Å². The van der Waals surface area contributed by atoms with Crippen molar-refractivity contribution in [2.75, 3.05) is 10.0 Å². The maximum atomic E-state index is 13.0. The second kappa shape index (κ2) is 9.03. The number of rotatable bonds is 7. The lowest BCUT2D eigenvalue weighted by Gasteiger charge is -2.09. The van der Waals surface area contributed by atoms with Crippen molar-refractivity contribution in [2.24, 2.45) is 0 Å². The molecule has 0 aliphatic heterocycles. The number of halogens is 1. The van der Waals surface area contributed by atoms with Gasteiger partial charge in [0.25, 0.3) is 10.0 Å². The van der Waals surface area contributed by atoms with E-state index in [0.717, 1.165) is 17.8 Å². The highest BCUT2D eigenvalue weighted by atomic mass is 32.2. The summed E-state index contributed by atoms with van der Waals surface area (Å²) >= 11 is 0. The molecule has 2 N–H and O–H groups in total. The molecule has 3 aromatic carbocycles. The Hall–Kier alpha value is -3.98. The predicted octanol–water partition coefficient (Wildman–Crippen LogP) is 3.99. The van der Waals surface area contributed by atoms with E-state index in [1.54, 1.807) is 41.2 Å². The maximum Gasteiger partial charge on any atom is 0.261 e. The Morgan fingerprint density at radius 1 is 0.906 bits per heavy atom. The summed E-state index contributed by atoms with van der Waals surface area (Å²) in [5.74, 6) is -0.330. The normalized spacial score (nSPS) is 11.2. The lowest BCUT2D eigenvalue weighted by atomic mass is 10.1. The molecule has 0 unspecified atom stereocenters. The zero-order valence-corrected chi connectivity index (χ0v) is 17.6. The van der Waals surface area contributed by atoms with Gasteiger partial charge in [0, 0.05) is 18.0 Å². The van der Waals surface area contributed by atoms with E-state index in [1.165, 1.54) is 12.1 Å². The molecular formula is C23H19FN4O3S. The van der Waals surface area contributed by atoms with Crippen LogP contribution in [0.2, 0.25) is 0 Å². The van der Waals surface area contributed by atoms with Crippen molar-refractivity contribution in [3.05, 3.63) is 103 Å². The number of nitrogens with one attached hydrogen (secondary N) is 2. The van der Waals surface area contributed by atoms with Crippen LogP contribution in [0.1, 0.15) is 5.56 Å². The van der Waals surface area contributed by atoms with E-state index in [1.807, 2.05) is 30.3 Å². The minimum Gasteiger partial charge on any atom is -0.309 e. The first-order chi connectivity index (χ1) is 15.4. The average molecular weight is 450 g/mol. The van der Waals surface area contributed by atoms with Crippen LogP contribution in [-0.4, -0.2) is 24.1 Å². The minimum absolute atomic E-state index is 0.0442. The fraction of sp³-hybridized carbons (Fsp3) is 0.0435. The Kier molecular flexibility index (Phi) is 6.00. The molecule has 0 radical (unpaired) electrons. The summed E-state index contributed by atoms with van der Waals surface area (Å²) in [7, 11) is -3.83. The van der Waals surface area contributed by atoms with Gasteiger partial charge in [-0.05, 0) is 54.1 Å². The highest BCUT2D eigenvalue weighted by Crippen LogP contribution is 2.18. The number of amides is 1. The third kappa shape index (κ3) is 5.19. The summed E-state index contributed by atoms with van der Waals surface area (Å²) in [6, 6.07) is 22.2. The lowest BCUT2D eigenvalue weighted by molar-refractivity contribution is -0.115. The molecule has 4 aromatic rings. The van der Waals surface area contributed by atoms with Gasteiger partial charge in [-0.2, -0.15) is 5.10 Å². The molecule has 0 saturated heterocycles. The molecule has 1 heterocycles. The Labute approximate surface area is 184 Å². The van der Waals surface area contributed by atoms with E-state index in [2.05, 4.69) is 15.1 Å². The Bertz CT molecular complexity index is 1320. The van der Waals surface area contributed by atoms with Crippen molar-refractivity contribution >= 4 is 27.4 Å². The van der Waals surface area contributed by atoms with Crippen LogP contribution < -0.4 is 10.0 Å². The zero-order valence-electron chi connectivity index (χ0n) is 16.8. The number of sulfonamides is 1. The van der Waals surface area contributed by atoms with Crippen LogP contribution in [0.3, 0.4) is 0 Å². The van der Waals surface area contributed by atoms with Gasteiger partial charge in [-0.3, -0.25) is 9.52 Å². The summed E-state index contributed by atoms with van der Waals surface area (Å²) < 4.78 is 41.9. The molecule has 162 valence electrons. The first kappa shape index (κ1) is 21.3. The summed E-state index contributed by atoms with van der Waals surface area (Å²) in [6.07, 6.45) is 1.86. The summed E-state index contributed by atoms with van der Waals surface area (Å²) in [6.45, 7) is 0. The number of benzene rings is 3. The number of anilines is 2. The second-order valence-corrected chi connectivity index (χ2v) is 8.64. The van der Waals surface area contributed by atoms with E-state index in [0.29, 0.717) is 17.1 Å². The molecule has 9 heteroatoms. The Morgan fingerprint density at radius 3 is 2.28 bits per heavy atom.